The first-order valence-corrected chi connectivity index (χ1v) is 5.93. The average Bonchev–Trinajstić information content (AvgIpc) is 3.06. The van der Waals surface area contributed by atoms with Gasteiger partial charge in [0.15, 0.2) is 13.1 Å². The number of aryl methyl sites for hydroxylation is 1. The van der Waals surface area contributed by atoms with Crippen LogP contribution in [0.4, 0.5) is 18.9 Å². The molecule has 0 unspecified atom stereocenters. The van der Waals surface area contributed by atoms with Gasteiger partial charge in [0.1, 0.15) is 0 Å². The lowest BCUT2D eigenvalue weighted by Gasteiger charge is -2.13. The van der Waals surface area contributed by atoms with Crippen molar-refractivity contribution in [3.63, 3.8) is 0 Å². The Morgan fingerprint density at radius 1 is 1.38 bits per heavy atom. The Morgan fingerprint density at radius 3 is 2.86 bits per heavy atom. The van der Waals surface area contributed by atoms with Crippen LogP contribution in [-0.4, -0.2) is 17.6 Å². The van der Waals surface area contributed by atoms with Crippen molar-refractivity contribution in [2.75, 3.05) is 11.7 Å². The highest BCUT2D eigenvalue weighted by Crippen LogP contribution is 2.32. The maximum Gasteiger partial charge on any atom is 0.416 e. The Labute approximate surface area is 117 Å². The third-order valence-electron chi connectivity index (χ3n) is 2.87. The van der Waals surface area contributed by atoms with E-state index in [4.69, 9.17) is 9.15 Å². The van der Waals surface area contributed by atoms with Gasteiger partial charge in [0.05, 0.1) is 16.9 Å². The van der Waals surface area contributed by atoms with E-state index in [1.54, 1.807) is 6.92 Å². The SMILES string of the molecule is Cc1ncoc1C1=NN(c2[c]ccc(C(F)(F)F)c2)CO1. The summed E-state index contributed by atoms with van der Waals surface area (Å²) in [6.07, 6.45) is -3.17. The summed E-state index contributed by atoms with van der Waals surface area (Å²) in [6, 6.07) is 5.81. The molecular weight excluding hydrogens is 287 g/mol. The molecule has 1 aliphatic heterocycles. The van der Waals surface area contributed by atoms with Gasteiger partial charge >= 0.3 is 6.18 Å². The van der Waals surface area contributed by atoms with Crippen molar-refractivity contribution in [2.45, 2.75) is 13.1 Å². The minimum Gasteiger partial charge on any atom is -0.451 e. The van der Waals surface area contributed by atoms with Crippen molar-refractivity contribution < 1.29 is 22.3 Å². The minimum absolute atomic E-state index is 0.0206. The second kappa shape index (κ2) is 4.80. The fraction of sp³-hybridized carbons (Fsp3) is 0.231. The molecule has 109 valence electrons. The fourth-order valence-electron chi connectivity index (χ4n) is 1.81. The summed E-state index contributed by atoms with van der Waals surface area (Å²) in [5.74, 6) is 0.528. The molecule has 0 atom stereocenters. The van der Waals surface area contributed by atoms with Crippen molar-refractivity contribution in [2.24, 2.45) is 5.10 Å². The molecule has 21 heavy (non-hydrogen) atoms. The predicted molar refractivity (Wildman–Crippen MR) is 66.5 cm³/mol. The minimum atomic E-state index is -4.42. The smallest absolute Gasteiger partial charge is 0.416 e. The molecule has 0 amide bonds. The number of halogens is 3. The lowest BCUT2D eigenvalue weighted by Crippen LogP contribution is -2.14. The zero-order valence-corrected chi connectivity index (χ0v) is 10.8. The van der Waals surface area contributed by atoms with Crippen molar-refractivity contribution in [1.82, 2.24) is 4.98 Å². The summed E-state index contributed by atoms with van der Waals surface area (Å²) in [4.78, 5) is 3.90. The molecule has 0 bridgehead atoms. The van der Waals surface area contributed by atoms with Crippen LogP contribution in [0.15, 0.2) is 34.1 Å². The predicted octanol–water partition coefficient (Wildman–Crippen LogP) is 2.96. The molecule has 2 heterocycles. The lowest BCUT2D eigenvalue weighted by molar-refractivity contribution is -0.137. The van der Waals surface area contributed by atoms with Crippen LogP contribution < -0.4 is 5.01 Å². The normalized spacial score (nSPS) is 15.0. The Balaban J connectivity index is 1.89. The number of hydrogen-bond donors (Lipinski definition) is 0. The Bertz CT molecular complexity index is 694. The van der Waals surface area contributed by atoms with Crippen LogP contribution in [0.5, 0.6) is 0 Å². The number of hydrogen-bond acceptors (Lipinski definition) is 5. The molecule has 8 heteroatoms. The first kappa shape index (κ1) is 13.5. The number of ether oxygens (including phenoxy) is 1. The highest BCUT2D eigenvalue weighted by molar-refractivity contribution is 5.94. The highest BCUT2D eigenvalue weighted by Gasteiger charge is 2.31. The molecule has 3 rings (SSSR count). The van der Waals surface area contributed by atoms with Gasteiger partial charge in [0.25, 0.3) is 5.90 Å². The van der Waals surface area contributed by atoms with Gasteiger partial charge in [-0.15, -0.1) is 5.10 Å². The van der Waals surface area contributed by atoms with Crippen LogP contribution in [0.3, 0.4) is 0 Å². The van der Waals surface area contributed by atoms with Crippen LogP contribution in [0.25, 0.3) is 0 Å². The molecule has 2 aromatic rings. The number of alkyl halides is 3. The van der Waals surface area contributed by atoms with Gasteiger partial charge in [-0.25, -0.2) is 9.99 Å². The first-order valence-electron chi connectivity index (χ1n) is 5.93. The number of benzene rings is 1. The molecule has 0 fully saturated rings. The largest absolute Gasteiger partial charge is 0.451 e. The maximum absolute atomic E-state index is 12.7. The molecule has 0 saturated heterocycles. The second-order valence-electron chi connectivity index (χ2n) is 4.31. The van der Waals surface area contributed by atoms with Gasteiger partial charge in [0.2, 0.25) is 5.76 Å². The topological polar surface area (TPSA) is 50.9 Å². The van der Waals surface area contributed by atoms with Crippen molar-refractivity contribution in [3.8, 4) is 0 Å². The van der Waals surface area contributed by atoms with E-state index in [2.05, 4.69) is 16.2 Å². The van der Waals surface area contributed by atoms with Gasteiger partial charge in [-0.2, -0.15) is 13.2 Å². The zero-order valence-electron chi connectivity index (χ0n) is 10.8. The number of aromatic nitrogens is 1. The third kappa shape index (κ3) is 2.56. The number of hydrazone groups is 1. The molecule has 0 saturated carbocycles. The standard InChI is InChI=1S/C13H9F3N3O2/c1-8-11(20-6-17-8)12-18-19(7-21-12)10-4-2-3-9(5-10)13(14,15)16/h2-3,5-6H,7H2,1H3. The maximum atomic E-state index is 12.7. The number of rotatable bonds is 2. The molecule has 1 radical (unpaired) electrons. The fourth-order valence-corrected chi connectivity index (χ4v) is 1.81. The summed E-state index contributed by atoms with van der Waals surface area (Å²) in [7, 11) is 0. The average molecular weight is 296 g/mol. The van der Waals surface area contributed by atoms with Crippen molar-refractivity contribution in [3.05, 3.63) is 47.7 Å². The summed E-state index contributed by atoms with van der Waals surface area (Å²) >= 11 is 0. The molecule has 5 nitrogen and oxygen atoms in total. The molecule has 1 aromatic carbocycles. The van der Waals surface area contributed by atoms with Gasteiger partial charge in [0, 0.05) is 6.07 Å². The molecule has 0 N–H and O–H groups in total. The van der Waals surface area contributed by atoms with Gasteiger partial charge in [-0.05, 0) is 19.1 Å². The van der Waals surface area contributed by atoms with Gasteiger partial charge in [-0.1, -0.05) is 6.07 Å². The van der Waals surface area contributed by atoms with Gasteiger partial charge in [-0.3, -0.25) is 0 Å². The lowest BCUT2D eigenvalue weighted by atomic mass is 10.2. The van der Waals surface area contributed by atoms with Crippen molar-refractivity contribution >= 4 is 11.6 Å². The van der Waals surface area contributed by atoms with E-state index in [1.165, 1.54) is 17.5 Å². The molecular formula is C13H9F3N3O2. The van der Waals surface area contributed by atoms with E-state index in [1.807, 2.05) is 0 Å². The Hall–Kier alpha value is -2.51. The first-order chi connectivity index (χ1) is 9.95. The summed E-state index contributed by atoms with van der Waals surface area (Å²) in [5, 5.41) is 5.35. The van der Waals surface area contributed by atoms with E-state index >= 15 is 0 Å². The highest BCUT2D eigenvalue weighted by atomic mass is 19.4. The van der Waals surface area contributed by atoms with Gasteiger partial charge < -0.3 is 9.15 Å². The van der Waals surface area contributed by atoms with Crippen LogP contribution in [0.1, 0.15) is 17.0 Å². The van der Waals surface area contributed by atoms with E-state index < -0.39 is 11.7 Å². The van der Waals surface area contributed by atoms with Crippen LogP contribution >= 0.6 is 0 Å². The van der Waals surface area contributed by atoms with Crippen molar-refractivity contribution in [1.29, 1.82) is 0 Å². The van der Waals surface area contributed by atoms with E-state index in [0.717, 1.165) is 12.1 Å². The Kier molecular flexibility index (Phi) is 3.08. The monoisotopic (exact) mass is 296 g/mol. The summed E-state index contributed by atoms with van der Waals surface area (Å²) < 4.78 is 48.5. The van der Waals surface area contributed by atoms with E-state index in [-0.39, 0.29) is 18.3 Å². The van der Waals surface area contributed by atoms with Crippen LogP contribution in [-0.2, 0) is 10.9 Å². The summed E-state index contributed by atoms with van der Waals surface area (Å²) in [5.41, 5.74) is -0.0173. The number of nitrogens with zero attached hydrogens (tertiary/aromatic N) is 3. The summed E-state index contributed by atoms with van der Waals surface area (Å²) in [6.45, 7) is 1.69. The van der Waals surface area contributed by atoms with Crippen LogP contribution in [0.2, 0.25) is 0 Å². The Morgan fingerprint density at radius 2 is 2.19 bits per heavy atom. The zero-order chi connectivity index (χ0) is 15.0. The molecule has 0 spiro atoms. The molecule has 1 aromatic heterocycles. The molecule has 1 aliphatic rings. The van der Waals surface area contributed by atoms with E-state index in [0.29, 0.717) is 11.5 Å². The quantitative estimate of drug-likeness (QED) is 0.855. The van der Waals surface area contributed by atoms with Crippen LogP contribution in [0, 0.1) is 13.0 Å². The number of anilines is 1. The second-order valence-corrected chi connectivity index (χ2v) is 4.31. The van der Waals surface area contributed by atoms with E-state index in [9.17, 15) is 13.2 Å². The molecule has 0 aliphatic carbocycles. The number of oxazole rings is 1. The third-order valence-corrected chi connectivity index (χ3v) is 2.87.